The van der Waals surface area contributed by atoms with Crippen LogP contribution in [-0.2, 0) is 6.42 Å². The number of halogens is 1. The number of allylic oxidation sites excluding steroid dienone is 3. The van der Waals surface area contributed by atoms with Crippen molar-refractivity contribution in [2.45, 2.75) is 91.9 Å². The van der Waals surface area contributed by atoms with Crippen molar-refractivity contribution in [2.75, 3.05) is 5.32 Å². The molecule has 0 spiro atoms. The highest BCUT2D eigenvalue weighted by molar-refractivity contribution is 8.13. The fourth-order valence-corrected chi connectivity index (χ4v) is 4.98. The Kier molecular flexibility index (Phi) is 19.4. The molecule has 0 aliphatic rings. The Morgan fingerprint density at radius 1 is 1.02 bits per heavy atom. The number of benzene rings is 2. The van der Waals surface area contributed by atoms with Crippen LogP contribution >= 0.6 is 11.8 Å². The molecule has 0 fully saturated rings. The van der Waals surface area contributed by atoms with Crippen LogP contribution in [0.2, 0.25) is 0 Å². The Balaban J connectivity index is 0.000000441. The van der Waals surface area contributed by atoms with Gasteiger partial charge in [0.2, 0.25) is 0 Å². The lowest BCUT2D eigenvalue weighted by atomic mass is 10.0. The van der Waals surface area contributed by atoms with E-state index in [1.54, 1.807) is 49.2 Å². The van der Waals surface area contributed by atoms with Crippen molar-refractivity contribution in [1.82, 2.24) is 4.98 Å². The van der Waals surface area contributed by atoms with Crippen LogP contribution < -0.4 is 5.32 Å². The van der Waals surface area contributed by atoms with Crippen LogP contribution in [0.1, 0.15) is 90.3 Å². The van der Waals surface area contributed by atoms with Gasteiger partial charge in [-0.25, -0.2) is 9.38 Å². The molecule has 0 aliphatic carbocycles. The Labute approximate surface area is 265 Å². The first-order valence-electron chi connectivity index (χ1n) is 15.4. The van der Waals surface area contributed by atoms with Crippen molar-refractivity contribution in [3.8, 4) is 0 Å². The molecule has 0 amide bonds. The summed E-state index contributed by atoms with van der Waals surface area (Å²) < 4.78 is 13.4. The molecule has 0 unspecified atom stereocenters. The van der Waals surface area contributed by atoms with E-state index in [9.17, 15) is 4.39 Å². The molecule has 1 N–H and O–H groups in total. The van der Waals surface area contributed by atoms with Crippen molar-refractivity contribution in [3.63, 3.8) is 0 Å². The zero-order valence-electron chi connectivity index (χ0n) is 27.4. The van der Waals surface area contributed by atoms with E-state index in [4.69, 9.17) is 0 Å². The molecule has 1 aromatic heterocycles. The van der Waals surface area contributed by atoms with Crippen molar-refractivity contribution in [1.29, 1.82) is 0 Å². The third-order valence-electron chi connectivity index (χ3n) is 6.42. The first kappa shape index (κ1) is 37.6. The standard InChI is InChI=1S/C22H23FN2S.C8H11N.C8H18/c1-6-7-22(25-19-10-13-21(23)16(4)14-19)24-17(5)26-20-11-8-18(9-12-20)15(2)3;1-2-4-8-5-3-6-9-7-8;1-4-6-8(3)7-5-2/h6-14,25H,1-2H2,3-5H3;3,5-7H,2,4H2,1H3;8H,4-7H2,1-3H3/b22-7+,24-17+;;. The Bertz CT molecular complexity index is 1270. The molecule has 43 heavy (non-hydrogen) atoms. The molecule has 3 rings (SSSR count). The zero-order chi connectivity index (χ0) is 32.0. The summed E-state index contributed by atoms with van der Waals surface area (Å²) in [6.07, 6.45) is 15.0. The third-order valence-corrected chi connectivity index (χ3v) is 7.32. The summed E-state index contributed by atoms with van der Waals surface area (Å²) in [5.74, 6) is 1.39. The molecular formula is C38H52FN3S. The van der Waals surface area contributed by atoms with Crippen molar-refractivity contribution >= 4 is 28.1 Å². The summed E-state index contributed by atoms with van der Waals surface area (Å²) in [5, 5.41) is 4.08. The minimum Gasteiger partial charge on any atom is -0.340 e. The van der Waals surface area contributed by atoms with Crippen LogP contribution in [0.3, 0.4) is 0 Å². The molecule has 0 saturated heterocycles. The molecule has 2 aromatic carbocycles. The van der Waals surface area contributed by atoms with Gasteiger partial charge in [0, 0.05) is 23.0 Å². The van der Waals surface area contributed by atoms with Gasteiger partial charge in [0.1, 0.15) is 11.6 Å². The van der Waals surface area contributed by atoms with E-state index in [-0.39, 0.29) is 5.82 Å². The van der Waals surface area contributed by atoms with Gasteiger partial charge in [-0.15, -0.1) is 0 Å². The summed E-state index contributed by atoms with van der Waals surface area (Å²) in [6.45, 7) is 22.4. The number of aromatic nitrogens is 1. The fourth-order valence-electron chi connectivity index (χ4n) is 4.22. The van der Waals surface area contributed by atoms with Gasteiger partial charge < -0.3 is 5.32 Å². The second kappa shape index (κ2) is 22.1. The van der Waals surface area contributed by atoms with Crippen molar-refractivity contribution < 1.29 is 4.39 Å². The monoisotopic (exact) mass is 601 g/mol. The quantitative estimate of drug-likeness (QED) is 0.0971. The zero-order valence-corrected chi connectivity index (χ0v) is 28.2. The number of anilines is 1. The largest absolute Gasteiger partial charge is 0.340 e. The van der Waals surface area contributed by atoms with Gasteiger partial charge in [0.25, 0.3) is 0 Å². The minimum absolute atomic E-state index is 0.224. The fraction of sp³-hybridized carbons (Fsp3) is 0.368. The predicted molar refractivity (Wildman–Crippen MR) is 190 cm³/mol. The Hall–Kier alpha value is -3.44. The summed E-state index contributed by atoms with van der Waals surface area (Å²) in [6, 6.07) is 17.2. The molecule has 0 atom stereocenters. The second-order valence-corrected chi connectivity index (χ2v) is 12.0. The van der Waals surface area contributed by atoms with E-state index in [1.807, 2.05) is 26.1 Å². The number of aryl methyl sites for hydroxylation is 2. The van der Waals surface area contributed by atoms with Crippen molar-refractivity contribution in [3.05, 3.63) is 121 Å². The van der Waals surface area contributed by atoms with Crippen LogP contribution in [0, 0.1) is 18.7 Å². The number of hydrogen-bond acceptors (Lipinski definition) is 4. The highest BCUT2D eigenvalue weighted by Crippen LogP contribution is 2.24. The normalized spacial score (nSPS) is 11.2. The van der Waals surface area contributed by atoms with E-state index in [0.717, 1.165) is 39.1 Å². The first-order valence-corrected chi connectivity index (χ1v) is 16.2. The van der Waals surface area contributed by atoms with Gasteiger partial charge in [-0.05, 0) is 92.3 Å². The van der Waals surface area contributed by atoms with Gasteiger partial charge in [0.05, 0.1) is 5.04 Å². The number of nitrogens with zero attached hydrogens (tertiary/aromatic N) is 2. The molecule has 3 aromatic rings. The molecular weight excluding hydrogens is 550 g/mol. The average molecular weight is 602 g/mol. The number of hydrogen-bond donors (Lipinski definition) is 1. The molecule has 5 heteroatoms. The molecule has 3 nitrogen and oxygen atoms in total. The Morgan fingerprint density at radius 3 is 2.21 bits per heavy atom. The topological polar surface area (TPSA) is 37.3 Å². The molecule has 0 aliphatic heterocycles. The highest BCUT2D eigenvalue weighted by Gasteiger charge is 2.03. The van der Waals surface area contributed by atoms with E-state index < -0.39 is 0 Å². The van der Waals surface area contributed by atoms with E-state index in [2.05, 4.69) is 86.5 Å². The average Bonchev–Trinajstić information content (AvgIpc) is 2.97. The third kappa shape index (κ3) is 16.7. The molecule has 232 valence electrons. The second-order valence-electron chi connectivity index (χ2n) is 10.7. The molecule has 0 radical (unpaired) electrons. The Morgan fingerprint density at radius 2 is 1.70 bits per heavy atom. The van der Waals surface area contributed by atoms with Crippen LogP contribution in [0.5, 0.6) is 0 Å². The van der Waals surface area contributed by atoms with Crippen molar-refractivity contribution in [2.24, 2.45) is 10.9 Å². The summed E-state index contributed by atoms with van der Waals surface area (Å²) in [5.41, 5.74) is 4.87. The predicted octanol–water partition coefficient (Wildman–Crippen LogP) is 12.1. The van der Waals surface area contributed by atoms with E-state index in [0.29, 0.717) is 11.4 Å². The van der Waals surface area contributed by atoms with Gasteiger partial charge >= 0.3 is 0 Å². The lowest BCUT2D eigenvalue weighted by Crippen LogP contribution is -2.00. The van der Waals surface area contributed by atoms with Gasteiger partial charge in [0.15, 0.2) is 0 Å². The van der Waals surface area contributed by atoms with Crippen LogP contribution in [0.15, 0.2) is 108 Å². The van der Waals surface area contributed by atoms with Crippen LogP contribution in [-0.4, -0.2) is 10.0 Å². The van der Waals surface area contributed by atoms with Gasteiger partial charge in [-0.3, -0.25) is 4.98 Å². The maximum atomic E-state index is 13.4. The number of aliphatic imine (C=N–C) groups is 1. The summed E-state index contributed by atoms with van der Waals surface area (Å²) >= 11 is 1.58. The molecule has 0 saturated carbocycles. The summed E-state index contributed by atoms with van der Waals surface area (Å²) in [7, 11) is 0. The minimum atomic E-state index is -0.224. The van der Waals surface area contributed by atoms with Gasteiger partial charge in [-0.2, -0.15) is 0 Å². The van der Waals surface area contributed by atoms with Crippen LogP contribution in [0.25, 0.3) is 5.57 Å². The van der Waals surface area contributed by atoms with Gasteiger partial charge in [-0.1, -0.05) is 115 Å². The maximum absolute atomic E-state index is 13.4. The molecule has 0 bridgehead atoms. The first-order chi connectivity index (χ1) is 20.6. The number of thioether (sulfide) groups is 1. The maximum Gasteiger partial charge on any atom is 0.131 e. The van der Waals surface area contributed by atoms with Crippen LogP contribution in [0.4, 0.5) is 10.1 Å². The lowest BCUT2D eigenvalue weighted by Gasteiger charge is -2.09. The highest BCUT2D eigenvalue weighted by atomic mass is 32.2. The number of pyridine rings is 1. The summed E-state index contributed by atoms with van der Waals surface area (Å²) in [4.78, 5) is 9.72. The SMILES string of the molecule is C=C/C=C(\N=C(/C)Sc1ccc(C(=C)C)cc1)Nc1ccc(F)c(C)c1.CCCC(C)CCC.CCCc1cccnc1. The lowest BCUT2D eigenvalue weighted by molar-refractivity contribution is 0.480. The number of nitrogens with one attached hydrogen (secondary N) is 1. The number of rotatable bonds is 12. The smallest absolute Gasteiger partial charge is 0.131 e. The van der Waals surface area contributed by atoms with E-state index in [1.165, 1.54) is 43.7 Å². The van der Waals surface area contributed by atoms with E-state index >= 15 is 0 Å². The molecule has 1 heterocycles.